The molecule has 3 heterocycles. The molecule has 0 unspecified atom stereocenters. The molecule has 168 valence electrons. The molecule has 0 N–H and O–H groups in total. The molecule has 2 saturated heterocycles. The van der Waals surface area contributed by atoms with Gasteiger partial charge in [0, 0.05) is 49.6 Å². The van der Waals surface area contributed by atoms with Crippen LogP contribution >= 0.6 is 0 Å². The van der Waals surface area contributed by atoms with E-state index >= 15 is 0 Å². The topological polar surface area (TPSA) is 65.2 Å². The van der Waals surface area contributed by atoms with E-state index in [1.807, 2.05) is 18.2 Å². The molecular weight excluding hydrogens is 402 g/mol. The summed E-state index contributed by atoms with van der Waals surface area (Å²) in [5.74, 6) is 0.964. The van der Waals surface area contributed by atoms with Crippen LogP contribution in [0.2, 0.25) is 0 Å². The van der Waals surface area contributed by atoms with E-state index < -0.39 is 0 Å². The van der Waals surface area contributed by atoms with Crippen LogP contribution in [0.1, 0.15) is 44.1 Å². The van der Waals surface area contributed by atoms with E-state index in [2.05, 4.69) is 39.0 Å². The molecule has 0 spiro atoms. The van der Waals surface area contributed by atoms with Gasteiger partial charge in [0.25, 0.3) is 5.69 Å². The Hall–Kier alpha value is -2.77. The van der Waals surface area contributed by atoms with Crippen LogP contribution in [-0.2, 0) is 0 Å². The van der Waals surface area contributed by atoms with Crippen molar-refractivity contribution in [3.63, 3.8) is 0 Å². The number of benzene rings is 2. The van der Waals surface area contributed by atoms with Gasteiger partial charge in [-0.05, 0) is 37.8 Å². The van der Waals surface area contributed by atoms with E-state index in [0.29, 0.717) is 0 Å². The highest BCUT2D eigenvalue weighted by Crippen LogP contribution is 2.35. The standard InChI is InChI=1S/C25H31N5O2/c31-30(32)22-14-12-21(13-15-22)29-23(20-10-4-1-5-11-20)26-24(27-16-6-2-7-17-27)25(29)28-18-8-3-9-19-28/h1,4-5,10-15,24-25H,2-3,6-9,16-19H2/t24-,25-/m1/s1. The zero-order valence-electron chi connectivity index (χ0n) is 18.5. The number of amidine groups is 1. The number of aliphatic imine (C=N–C) groups is 1. The van der Waals surface area contributed by atoms with E-state index in [1.165, 1.54) is 38.5 Å². The van der Waals surface area contributed by atoms with Gasteiger partial charge in [-0.1, -0.05) is 43.2 Å². The summed E-state index contributed by atoms with van der Waals surface area (Å²) in [5.41, 5.74) is 2.17. The zero-order chi connectivity index (χ0) is 21.9. The molecule has 2 aromatic carbocycles. The Bertz CT molecular complexity index is 950. The smallest absolute Gasteiger partial charge is 0.269 e. The van der Waals surface area contributed by atoms with Crippen molar-refractivity contribution in [2.24, 2.45) is 4.99 Å². The molecule has 5 rings (SSSR count). The maximum absolute atomic E-state index is 11.2. The lowest BCUT2D eigenvalue weighted by molar-refractivity contribution is -0.384. The second-order valence-corrected chi connectivity index (χ2v) is 8.98. The third kappa shape index (κ3) is 4.14. The van der Waals surface area contributed by atoms with Gasteiger partial charge < -0.3 is 4.90 Å². The fourth-order valence-electron chi connectivity index (χ4n) is 5.31. The molecule has 7 heteroatoms. The van der Waals surface area contributed by atoms with Crippen LogP contribution in [0.3, 0.4) is 0 Å². The van der Waals surface area contributed by atoms with Crippen LogP contribution < -0.4 is 4.90 Å². The first-order valence-corrected chi connectivity index (χ1v) is 11.9. The van der Waals surface area contributed by atoms with Crippen LogP contribution in [0.25, 0.3) is 0 Å². The Morgan fingerprint density at radius 1 is 0.781 bits per heavy atom. The quantitative estimate of drug-likeness (QED) is 0.514. The van der Waals surface area contributed by atoms with Gasteiger partial charge >= 0.3 is 0 Å². The Balaban J connectivity index is 1.59. The van der Waals surface area contributed by atoms with Crippen molar-refractivity contribution in [2.75, 3.05) is 31.1 Å². The molecule has 3 aliphatic heterocycles. The lowest BCUT2D eigenvalue weighted by Gasteiger charge is -2.44. The van der Waals surface area contributed by atoms with Crippen LogP contribution in [0.4, 0.5) is 11.4 Å². The number of nitrogens with zero attached hydrogens (tertiary/aromatic N) is 5. The van der Waals surface area contributed by atoms with Gasteiger partial charge in [0.15, 0.2) is 0 Å². The average molecular weight is 434 g/mol. The van der Waals surface area contributed by atoms with Gasteiger partial charge in [-0.2, -0.15) is 0 Å². The summed E-state index contributed by atoms with van der Waals surface area (Å²) in [5, 5.41) is 11.2. The Morgan fingerprint density at radius 3 is 1.97 bits per heavy atom. The van der Waals surface area contributed by atoms with Crippen molar-refractivity contribution >= 4 is 17.2 Å². The number of hydrogen-bond donors (Lipinski definition) is 0. The van der Waals surface area contributed by atoms with Crippen LogP contribution in [0.5, 0.6) is 0 Å². The van der Waals surface area contributed by atoms with Gasteiger partial charge in [-0.15, -0.1) is 0 Å². The molecule has 3 aliphatic rings. The van der Waals surface area contributed by atoms with E-state index in [-0.39, 0.29) is 22.9 Å². The van der Waals surface area contributed by atoms with Gasteiger partial charge in [-0.3, -0.25) is 19.9 Å². The number of piperidine rings is 2. The van der Waals surface area contributed by atoms with Crippen molar-refractivity contribution < 1.29 is 4.92 Å². The lowest BCUT2D eigenvalue weighted by atomic mass is 10.1. The van der Waals surface area contributed by atoms with Crippen molar-refractivity contribution in [2.45, 2.75) is 50.9 Å². The maximum atomic E-state index is 11.2. The highest BCUT2D eigenvalue weighted by atomic mass is 16.6. The summed E-state index contributed by atoms with van der Waals surface area (Å²) in [6, 6.07) is 17.3. The van der Waals surface area contributed by atoms with E-state index in [9.17, 15) is 10.1 Å². The minimum absolute atomic E-state index is 0.0683. The summed E-state index contributed by atoms with van der Waals surface area (Å²) >= 11 is 0. The SMILES string of the molecule is O=[N+]([O-])c1ccc(N2C(c3ccccc3)=N[C@H](N3CCCCC3)[C@@H]2N2CCCCC2)cc1. The summed E-state index contributed by atoms with van der Waals surface area (Å²) < 4.78 is 0. The highest BCUT2D eigenvalue weighted by Gasteiger charge is 2.44. The molecule has 0 aromatic heterocycles. The van der Waals surface area contributed by atoms with E-state index in [0.717, 1.165) is 43.3 Å². The van der Waals surface area contributed by atoms with Crippen LogP contribution in [0, 0.1) is 10.1 Å². The van der Waals surface area contributed by atoms with Gasteiger partial charge in [0.2, 0.25) is 0 Å². The fraction of sp³-hybridized carbons (Fsp3) is 0.480. The van der Waals surface area contributed by atoms with Crippen molar-refractivity contribution in [3.05, 3.63) is 70.3 Å². The zero-order valence-corrected chi connectivity index (χ0v) is 18.5. The first-order chi connectivity index (χ1) is 15.7. The molecule has 0 bridgehead atoms. The Labute approximate surface area is 189 Å². The first kappa shape index (κ1) is 21.1. The summed E-state index contributed by atoms with van der Waals surface area (Å²) in [7, 11) is 0. The van der Waals surface area contributed by atoms with Crippen molar-refractivity contribution in [1.29, 1.82) is 0 Å². The number of rotatable bonds is 5. The normalized spacial score (nSPS) is 25.0. The van der Waals surface area contributed by atoms with E-state index in [1.54, 1.807) is 12.1 Å². The number of likely N-dealkylation sites (tertiary alicyclic amines) is 2. The third-order valence-corrected chi connectivity index (χ3v) is 6.91. The minimum atomic E-state index is -0.335. The summed E-state index contributed by atoms with van der Waals surface area (Å²) in [4.78, 5) is 23.7. The lowest BCUT2D eigenvalue weighted by Crippen LogP contribution is -2.58. The van der Waals surface area contributed by atoms with Crippen LogP contribution in [-0.4, -0.2) is 59.1 Å². The molecule has 0 saturated carbocycles. The molecule has 7 nitrogen and oxygen atoms in total. The molecule has 0 amide bonds. The second kappa shape index (κ2) is 9.38. The predicted octanol–water partition coefficient (Wildman–Crippen LogP) is 4.49. The molecule has 32 heavy (non-hydrogen) atoms. The van der Waals surface area contributed by atoms with Crippen molar-refractivity contribution in [3.8, 4) is 0 Å². The molecule has 0 aliphatic carbocycles. The van der Waals surface area contributed by atoms with Gasteiger partial charge in [0.05, 0.1) is 4.92 Å². The fourth-order valence-corrected chi connectivity index (χ4v) is 5.31. The second-order valence-electron chi connectivity index (χ2n) is 8.98. The first-order valence-electron chi connectivity index (χ1n) is 11.9. The number of nitro groups is 1. The van der Waals surface area contributed by atoms with Gasteiger partial charge in [-0.25, -0.2) is 4.99 Å². The predicted molar refractivity (Wildman–Crippen MR) is 127 cm³/mol. The average Bonchev–Trinajstić information content (AvgIpc) is 3.26. The molecular formula is C25H31N5O2. The number of non-ortho nitro benzene ring substituents is 1. The third-order valence-electron chi connectivity index (χ3n) is 6.91. The Kier molecular flexibility index (Phi) is 6.19. The summed E-state index contributed by atoms with van der Waals surface area (Å²) in [6.45, 7) is 4.29. The molecule has 2 atom stereocenters. The van der Waals surface area contributed by atoms with Crippen LogP contribution in [0.15, 0.2) is 59.6 Å². The largest absolute Gasteiger partial charge is 0.306 e. The van der Waals surface area contributed by atoms with Gasteiger partial charge in [0.1, 0.15) is 18.2 Å². The highest BCUT2D eigenvalue weighted by molar-refractivity contribution is 6.11. The monoisotopic (exact) mass is 433 g/mol. The number of anilines is 1. The maximum Gasteiger partial charge on any atom is 0.269 e. The Morgan fingerprint density at radius 2 is 1.38 bits per heavy atom. The molecule has 0 radical (unpaired) electrons. The number of hydrogen-bond acceptors (Lipinski definition) is 6. The minimum Gasteiger partial charge on any atom is -0.306 e. The molecule has 2 fully saturated rings. The number of nitro benzene ring substituents is 1. The van der Waals surface area contributed by atoms with E-state index in [4.69, 9.17) is 4.99 Å². The van der Waals surface area contributed by atoms with Crippen molar-refractivity contribution in [1.82, 2.24) is 9.80 Å². The molecule has 2 aromatic rings. The summed E-state index contributed by atoms with van der Waals surface area (Å²) in [6.07, 6.45) is 7.59.